The van der Waals surface area contributed by atoms with Crippen LogP contribution in [-0.2, 0) is 0 Å². The topological polar surface area (TPSA) is 0 Å². The van der Waals surface area contributed by atoms with E-state index in [2.05, 4.69) is 99.3 Å². The molecule has 0 amide bonds. The quantitative estimate of drug-likeness (QED) is 0.404. The van der Waals surface area contributed by atoms with Crippen molar-refractivity contribution in [3.8, 4) is 0 Å². The summed E-state index contributed by atoms with van der Waals surface area (Å²) in [5, 5.41) is 4.32. The predicted molar refractivity (Wildman–Crippen MR) is 112 cm³/mol. The van der Waals surface area contributed by atoms with E-state index in [0.717, 1.165) is 0 Å². The Morgan fingerprint density at radius 3 is 1.92 bits per heavy atom. The average molecular weight is 335 g/mol. The number of hydrogen-bond acceptors (Lipinski definition) is 0. The molecule has 2 rings (SSSR count). The third-order valence-electron chi connectivity index (χ3n) is 4.31. The van der Waals surface area contributed by atoms with Crippen molar-refractivity contribution in [2.75, 3.05) is 6.16 Å². The van der Waals surface area contributed by atoms with Gasteiger partial charge in [0.05, 0.1) is 6.16 Å². The Morgan fingerprint density at radius 2 is 1.50 bits per heavy atom. The Hall–Kier alpha value is -1.91. The van der Waals surface area contributed by atoms with E-state index >= 15 is 0 Å². The summed E-state index contributed by atoms with van der Waals surface area (Å²) >= 11 is 0. The molecule has 0 unspecified atom stereocenters. The van der Waals surface area contributed by atoms with E-state index in [1.165, 1.54) is 34.9 Å². The fourth-order valence-electron chi connectivity index (χ4n) is 3.20. The van der Waals surface area contributed by atoms with Gasteiger partial charge in [0.1, 0.15) is 23.2 Å². The second-order valence-corrected chi connectivity index (χ2v) is 9.50. The molecule has 24 heavy (non-hydrogen) atoms. The molecule has 0 aromatic heterocycles. The molecule has 0 aliphatic rings. The van der Waals surface area contributed by atoms with Gasteiger partial charge in [-0.05, 0) is 49.8 Å². The molecule has 0 nitrogen and oxygen atoms in total. The van der Waals surface area contributed by atoms with E-state index in [1.807, 2.05) is 6.08 Å². The van der Waals surface area contributed by atoms with Gasteiger partial charge in [0, 0.05) is 0 Å². The minimum absolute atomic E-state index is 1.20. The summed E-state index contributed by atoms with van der Waals surface area (Å²) in [6, 6.07) is 22.1. The van der Waals surface area contributed by atoms with E-state index in [9.17, 15) is 0 Å². The zero-order valence-electron chi connectivity index (χ0n) is 14.9. The van der Waals surface area contributed by atoms with Crippen molar-refractivity contribution in [1.82, 2.24) is 0 Å². The van der Waals surface area contributed by atoms with Crippen LogP contribution in [0, 0.1) is 0 Å². The van der Waals surface area contributed by atoms with Gasteiger partial charge in [-0.25, -0.2) is 0 Å². The minimum atomic E-state index is -1.66. The molecule has 0 saturated heterocycles. The van der Waals surface area contributed by atoms with Crippen LogP contribution in [0.25, 0.3) is 0 Å². The first-order valence-corrected chi connectivity index (χ1v) is 10.7. The molecule has 0 saturated carbocycles. The van der Waals surface area contributed by atoms with E-state index in [4.69, 9.17) is 0 Å². The summed E-state index contributed by atoms with van der Waals surface area (Å²) < 4.78 is 0. The smallest absolute Gasteiger partial charge is 0.0989 e. The fraction of sp³-hybridized carbons (Fsp3) is 0.217. The molecule has 0 spiro atoms. The van der Waals surface area contributed by atoms with Crippen LogP contribution in [0.5, 0.6) is 0 Å². The largest absolute Gasteiger partial charge is 0.112 e. The maximum atomic E-state index is 3.97. The van der Waals surface area contributed by atoms with Crippen molar-refractivity contribution >= 4 is 17.9 Å². The van der Waals surface area contributed by atoms with Gasteiger partial charge in [0.2, 0.25) is 0 Å². The first-order chi connectivity index (χ1) is 11.8. The summed E-state index contributed by atoms with van der Waals surface area (Å²) in [5.41, 5.74) is 0. The second kappa shape index (κ2) is 9.40. The van der Waals surface area contributed by atoms with Crippen molar-refractivity contribution in [2.45, 2.75) is 26.7 Å². The van der Waals surface area contributed by atoms with Gasteiger partial charge in [-0.15, -0.1) is 0 Å². The number of rotatable bonds is 8. The van der Waals surface area contributed by atoms with Crippen LogP contribution in [0.2, 0.25) is 0 Å². The Kier molecular flexibility index (Phi) is 7.22. The molecule has 2 aromatic rings. The lowest BCUT2D eigenvalue weighted by Gasteiger charge is -2.28. The molecule has 124 valence electrons. The summed E-state index contributed by atoms with van der Waals surface area (Å²) in [7, 11) is -1.66. The molecule has 1 heteroatoms. The molecule has 0 N–H and O–H groups in total. The SMILES string of the molecule is C=C/C=C(\C=C/C)[P+](CCCC)(c1ccccc1)c1ccccc1. The predicted octanol–water partition coefficient (Wildman–Crippen LogP) is 6.10. The second-order valence-electron chi connectivity index (χ2n) is 5.89. The molecule has 0 heterocycles. The Labute approximate surface area is 148 Å². The van der Waals surface area contributed by atoms with Crippen LogP contribution in [-0.4, -0.2) is 6.16 Å². The van der Waals surface area contributed by atoms with Crippen LogP contribution in [0.4, 0.5) is 0 Å². The lowest BCUT2D eigenvalue weighted by Crippen LogP contribution is -2.26. The van der Waals surface area contributed by atoms with Gasteiger partial charge in [-0.3, -0.25) is 0 Å². The van der Waals surface area contributed by atoms with E-state index in [1.54, 1.807) is 0 Å². The number of allylic oxidation sites excluding steroid dienone is 5. The first-order valence-electron chi connectivity index (χ1n) is 8.75. The van der Waals surface area contributed by atoms with Crippen molar-refractivity contribution in [3.63, 3.8) is 0 Å². The maximum Gasteiger partial charge on any atom is 0.112 e. The van der Waals surface area contributed by atoms with E-state index < -0.39 is 7.26 Å². The van der Waals surface area contributed by atoms with Gasteiger partial charge < -0.3 is 0 Å². The molecule has 0 aliphatic carbocycles. The van der Waals surface area contributed by atoms with Gasteiger partial charge in [-0.1, -0.05) is 68.5 Å². The van der Waals surface area contributed by atoms with Crippen LogP contribution in [0.1, 0.15) is 26.7 Å². The highest BCUT2D eigenvalue weighted by molar-refractivity contribution is 7.93. The number of hydrogen-bond donors (Lipinski definition) is 0. The number of unbranched alkanes of at least 4 members (excludes halogenated alkanes) is 1. The zero-order valence-corrected chi connectivity index (χ0v) is 15.8. The van der Waals surface area contributed by atoms with E-state index in [0.29, 0.717) is 0 Å². The van der Waals surface area contributed by atoms with Crippen LogP contribution >= 0.6 is 7.26 Å². The van der Waals surface area contributed by atoms with Crippen molar-refractivity contribution in [2.24, 2.45) is 0 Å². The van der Waals surface area contributed by atoms with Crippen LogP contribution in [0.15, 0.2) is 96.9 Å². The zero-order chi connectivity index (χ0) is 17.3. The Bertz CT molecular complexity index is 641. The first kappa shape index (κ1) is 18.4. The van der Waals surface area contributed by atoms with Gasteiger partial charge >= 0.3 is 0 Å². The Balaban J connectivity index is 2.77. The highest BCUT2D eigenvalue weighted by atomic mass is 31.2. The van der Waals surface area contributed by atoms with Crippen molar-refractivity contribution in [1.29, 1.82) is 0 Å². The third-order valence-corrected chi connectivity index (χ3v) is 8.83. The molecular weight excluding hydrogens is 307 g/mol. The third kappa shape index (κ3) is 3.94. The standard InChI is InChI=1S/C23H28P/c1-4-7-20-24(21(14-5-2)15-6-3,22-16-10-8-11-17-22)23-18-12-9-13-19-23/h5-6,8-19H,2,4,7,20H2,1,3H3/q+1/b15-6-,21-14+. The van der Waals surface area contributed by atoms with E-state index in [-0.39, 0.29) is 0 Å². The lowest BCUT2D eigenvalue weighted by atomic mass is 10.4. The highest BCUT2D eigenvalue weighted by Crippen LogP contribution is 2.64. The summed E-state index contributed by atoms with van der Waals surface area (Å²) in [5.74, 6) is 0. The fourth-order valence-corrected chi connectivity index (χ4v) is 7.78. The highest BCUT2D eigenvalue weighted by Gasteiger charge is 2.45. The van der Waals surface area contributed by atoms with Gasteiger partial charge in [0.25, 0.3) is 0 Å². The molecule has 0 fully saturated rings. The minimum Gasteiger partial charge on any atom is -0.0989 e. The maximum absolute atomic E-state index is 3.97. The van der Waals surface area contributed by atoms with Crippen molar-refractivity contribution in [3.05, 3.63) is 96.9 Å². The molecule has 2 aromatic carbocycles. The van der Waals surface area contributed by atoms with Crippen LogP contribution in [0.3, 0.4) is 0 Å². The summed E-state index contributed by atoms with van der Waals surface area (Å²) in [6.07, 6.45) is 12.2. The lowest BCUT2D eigenvalue weighted by molar-refractivity contribution is 0.891. The summed E-state index contributed by atoms with van der Waals surface area (Å²) in [4.78, 5) is 0. The number of benzene rings is 2. The molecule has 0 aliphatic heterocycles. The van der Waals surface area contributed by atoms with Gasteiger partial charge in [0.15, 0.2) is 0 Å². The average Bonchev–Trinajstić information content (AvgIpc) is 2.64. The Morgan fingerprint density at radius 1 is 0.958 bits per heavy atom. The molecule has 0 bridgehead atoms. The normalized spacial score (nSPS) is 12.5. The monoisotopic (exact) mass is 335 g/mol. The molecular formula is C23H28P+. The van der Waals surface area contributed by atoms with Crippen LogP contribution < -0.4 is 10.6 Å². The molecule has 0 radical (unpaired) electrons. The summed E-state index contributed by atoms with van der Waals surface area (Å²) in [6.45, 7) is 8.35. The molecule has 0 atom stereocenters. The van der Waals surface area contributed by atoms with Gasteiger partial charge in [-0.2, -0.15) is 0 Å². The van der Waals surface area contributed by atoms with Crippen molar-refractivity contribution < 1.29 is 0 Å².